The van der Waals surface area contributed by atoms with Crippen LogP contribution in [-0.4, -0.2) is 37.1 Å². The number of unbranched alkanes of at least 4 members (excludes halogenated alkanes) is 4. The third-order valence-corrected chi connectivity index (χ3v) is 3.61. The monoisotopic (exact) mass is 256 g/mol. The van der Waals surface area contributed by atoms with Crippen molar-refractivity contribution in [1.29, 1.82) is 0 Å². The maximum Gasteiger partial charge on any atom is 0.110 e. The van der Waals surface area contributed by atoms with Gasteiger partial charge in [0.25, 0.3) is 0 Å². The van der Waals surface area contributed by atoms with Crippen LogP contribution in [0.15, 0.2) is 12.2 Å². The van der Waals surface area contributed by atoms with Gasteiger partial charge in [0.1, 0.15) is 12.2 Å². The first-order valence-corrected chi connectivity index (χ1v) is 7.19. The van der Waals surface area contributed by atoms with Crippen molar-refractivity contribution < 1.29 is 14.6 Å². The summed E-state index contributed by atoms with van der Waals surface area (Å²) >= 11 is 0. The first kappa shape index (κ1) is 15.7. The van der Waals surface area contributed by atoms with Gasteiger partial charge in [-0.15, -0.1) is 0 Å². The fraction of sp³-hybridized carbons (Fsp3) is 0.867. The Morgan fingerprint density at radius 2 is 2.11 bits per heavy atom. The third kappa shape index (κ3) is 4.71. The van der Waals surface area contributed by atoms with Crippen molar-refractivity contribution in [2.45, 2.75) is 64.3 Å². The smallest absolute Gasteiger partial charge is 0.110 e. The van der Waals surface area contributed by atoms with E-state index in [4.69, 9.17) is 9.47 Å². The van der Waals surface area contributed by atoms with Crippen molar-refractivity contribution in [3.05, 3.63) is 12.2 Å². The highest BCUT2D eigenvalue weighted by molar-refractivity contribution is 4.99. The largest absolute Gasteiger partial charge is 0.387 e. The van der Waals surface area contributed by atoms with Gasteiger partial charge in [0.05, 0.1) is 12.7 Å². The second-order valence-corrected chi connectivity index (χ2v) is 5.24. The lowest BCUT2D eigenvalue weighted by molar-refractivity contribution is -0.155. The van der Waals surface area contributed by atoms with E-state index >= 15 is 0 Å². The predicted octanol–water partition coefficient (Wildman–Crippen LogP) is 2.92. The van der Waals surface area contributed by atoms with Crippen LogP contribution in [0, 0.1) is 5.92 Å². The van der Waals surface area contributed by atoms with Crippen LogP contribution in [0.25, 0.3) is 0 Å². The number of allylic oxidation sites excluding steroid dienone is 1. The molecule has 3 nitrogen and oxygen atoms in total. The number of hydrogen-bond donors (Lipinski definition) is 1. The number of rotatable bonds is 7. The molecular formula is C15H28O3. The molecular weight excluding hydrogens is 228 g/mol. The zero-order chi connectivity index (χ0) is 13.4. The number of methoxy groups -OCH3 is 1. The lowest BCUT2D eigenvalue weighted by Gasteiger charge is -2.36. The molecule has 1 rings (SSSR count). The molecule has 1 heterocycles. The SMILES string of the molecule is CCCCCCC=C[C@@H]1OC[C@H](C)[C@H](OC)[C@H]1O. The minimum Gasteiger partial charge on any atom is -0.387 e. The summed E-state index contributed by atoms with van der Waals surface area (Å²) in [7, 11) is 1.65. The molecule has 0 aromatic carbocycles. The Morgan fingerprint density at radius 1 is 1.33 bits per heavy atom. The highest BCUT2D eigenvalue weighted by atomic mass is 16.5. The number of aliphatic hydroxyl groups excluding tert-OH is 1. The number of ether oxygens (including phenoxy) is 2. The van der Waals surface area contributed by atoms with Crippen LogP contribution in [0.5, 0.6) is 0 Å². The molecule has 0 spiro atoms. The minimum absolute atomic E-state index is 0.117. The van der Waals surface area contributed by atoms with E-state index in [0.717, 1.165) is 6.42 Å². The zero-order valence-corrected chi connectivity index (χ0v) is 12.0. The molecule has 0 radical (unpaired) electrons. The van der Waals surface area contributed by atoms with Gasteiger partial charge in [-0.25, -0.2) is 0 Å². The van der Waals surface area contributed by atoms with Crippen LogP contribution in [0.3, 0.4) is 0 Å². The van der Waals surface area contributed by atoms with Crippen molar-refractivity contribution >= 4 is 0 Å². The van der Waals surface area contributed by atoms with Gasteiger partial charge in [0, 0.05) is 13.0 Å². The Morgan fingerprint density at radius 3 is 2.78 bits per heavy atom. The predicted molar refractivity (Wildman–Crippen MR) is 73.6 cm³/mol. The van der Waals surface area contributed by atoms with E-state index in [0.29, 0.717) is 6.61 Å². The van der Waals surface area contributed by atoms with Crippen LogP contribution in [0.1, 0.15) is 46.0 Å². The van der Waals surface area contributed by atoms with E-state index in [1.165, 1.54) is 25.7 Å². The van der Waals surface area contributed by atoms with Gasteiger partial charge in [-0.1, -0.05) is 45.3 Å². The molecule has 1 aliphatic heterocycles. The summed E-state index contributed by atoms with van der Waals surface area (Å²) in [6, 6.07) is 0. The molecule has 1 aliphatic rings. The van der Waals surface area contributed by atoms with Crippen LogP contribution in [-0.2, 0) is 9.47 Å². The molecule has 1 N–H and O–H groups in total. The van der Waals surface area contributed by atoms with E-state index in [2.05, 4.69) is 13.0 Å². The molecule has 1 saturated heterocycles. The summed E-state index contributed by atoms with van der Waals surface area (Å²) in [5.41, 5.74) is 0. The molecule has 0 amide bonds. The van der Waals surface area contributed by atoms with Crippen LogP contribution in [0.2, 0.25) is 0 Å². The highest BCUT2D eigenvalue weighted by Gasteiger charge is 2.35. The average Bonchev–Trinajstić information content (AvgIpc) is 2.36. The molecule has 0 bridgehead atoms. The second-order valence-electron chi connectivity index (χ2n) is 5.24. The van der Waals surface area contributed by atoms with E-state index in [1.54, 1.807) is 7.11 Å². The number of aliphatic hydroxyl groups is 1. The summed E-state index contributed by atoms with van der Waals surface area (Å²) in [5, 5.41) is 10.1. The standard InChI is InChI=1S/C15H28O3/c1-4-5-6-7-8-9-10-13-14(16)15(17-3)12(2)11-18-13/h9-10,12-16H,4-8,11H2,1-3H3/t12-,13-,14-,15-/m0/s1. The van der Waals surface area contributed by atoms with E-state index in [-0.39, 0.29) is 18.1 Å². The fourth-order valence-electron chi connectivity index (χ4n) is 2.44. The van der Waals surface area contributed by atoms with Crippen LogP contribution in [0.4, 0.5) is 0 Å². The van der Waals surface area contributed by atoms with E-state index in [9.17, 15) is 5.11 Å². The van der Waals surface area contributed by atoms with Gasteiger partial charge in [0.2, 0.25) is 0 Å². The molecule has 106 valence electrons. The normalized spacial score (nSPS) is 33.1. The van der Waals surface area contributed by atoms with Gasteiger partial charge in [-0.2, -0.15) is 0 Å². The molecule has 0 aliphatic carbocycles. The van der Waals surface area contributed by atoms with Crippen molar-refractivity contribution in [2.24, 2.45) is 5.92 Å². The quantitative estimate of drug-likeness (QED) is 0.562. The lowest BCUT2D eigenvalue weighted by Crippen LogP contribution is -2.49. The summed E-state index contributed by atoms with van der Waals surface area (Å²) in [6.07, 6.45) is 9.39. The van der Waals surface area contributed by atoms with Crippen LogP contribution >= 0.6 is 0 Å². The summed E-state index contributed by atoms with van der Waals surface area (Å²) in [6.45, 7) is 4.91. The Hall–Kier alpha value is -0.380. The maximum absolute atomic E-state index is 10.1. The summed E-state index contributed by atoms with van der Waals surface area (Å²) in [4.78, 5) is 0. The Labute approximate surface area is 111 Å². The molecule has 0 saturated carbocycles. The molecule has 0 aromatic heterocycles. The van der Waals surface area contributed by atoms with Gasteiger partial charge < -0.3 is 14.6 Å². The lowest BCUT2D eigenvalue weighted by atomic mass is 9.93. The molecule has 1 fully saturated rings. The van der Waals surface area contributed by atoms with E-state index in [1.807, 2.05) is 13.0 Å². The Kier molecular flexibility index (Phi) is 7.56. The van der Waals surface area contributed by atoms with Crippen LogP contribution < -0.4 is 0 Å². The fourth-order valence-corrected chi connectivity index (χ4v) is 2.44. The van der Waals surface area contributed by atoms with E-state index < -0.39 is 6.10 Å². The number of hydrogen-bond acceptors (Lipinski definition) is 3. The average molecular weight is 256 g/mol. The van der Waals surface area contributed by atoms with Gasteiger partial charge in [0.15, 0.2) is 0 Å². The van der Waals surface area contributed by atoms with Crippen molar-refractivity contribution in [3.8, 4) is 0 Å². The molecule has 0 aromatic rings. The summed E-state index contributed by atoms with van der Waals surface area (Å²) in [5.74, 6) is 0.249. The van der Waals surface area contributed by atoms with Gasteiger partial charge in [-0.05, 0) is 12.8 Å². The van der Waals surface area contributed by atoms with Gasteiger partial charge >= 0.3 is 0 Å². The zero-order valence-electron chi connectivity index (χ0n) is 12.0. The van der Waals surface area contributed by atoms with Crippen molar-refractivity contribution in [2.75, 3.05) is 13.7 Å². The first-order valence-electron chi connectivity index (χ1n) is 7.19. The molecule has 3 heteroatoms. The van der Waals surface area contributed by atoms with Gasteiger partial charge in [-0.3, -0.25) is 0 Å². The maximum atomic E-state index is 10.1. The molecule has 0 unspecified atom stereocenters. The molecule has 18 heavy (non-hydrogen) atoms. The highest BCUT2D eigenvalue weighted by Crippen LogP contribution is 2.23. The van der Waals surface area contributed by atoms with Crippen molar-refractivity contribution in [3.63, 3.8) is 0 Å². The summed E-state index contributed by atoms with van der Waals surface area (Å²) < 4.78 is 11.0. The minimum atomic E-state index is -0.550. The Balaban J connectivity index is 2.30. The second kappa shape index (κ2) is 8.68. The topological polar surface area (TPSA) is 38.7 Å². The Bertz CT molecular complexity index is 240. The third-order valence-electron chi connectivity index (χ3n) is 3.61. The first-order chi connectivity index (χ1) is 8.70. The van der Waals surface area contributed by atoms with Crippen molar-refractivity contribution in [1.82, 2.24) is 0 Å². The molecule has 4 atom stereocenters.